The summed E-state index contributed by atoms with van der Waals surface area (Å²) in [4.78, 5) is 56.1. The highest BCUT2D eigenvalue weighted by Crippen LogP contribution is 2.58. The van der Waals surface area contributed by atoms with Gasteiger partial charge in [0.25, 0.3) is 0 Å². The molecule has 1 spiro atoms. The summed E-state index contributed by atoms with van der Waals surface area (Å²) in [5.74, 6) is -4.71. The van der Waals surface area contributed by atoms with Gasteiger partial charge in [0.05, 0.1) is 28.6 Å². The fraction of sp³-hybridized carbons (Fsp3) is 0.185. The van der Waals surface area contributed by atoms with Gasteiger partial charge in [-0.2, -0.15) is 0 Å². The second-order valence-corrected chi connectivity index (χ2v) is 9.26. The minimum atomic E-state index is -2.09. The molecule has 3 aliphatic rings. The van der Waals surface area contributed by atoms with Gasteiger partial charge in [0.2, 0.25) is 29.0 Å². The SMILES string of the molecule is Cc1ccc([C@@H]2OC3(C(=O)c4ccccc4C3=O)[C@@H]3C(=O)N(c4ccccc4Cl)C(=O)[C@@H]32)cc1. The van der Waals surface area contributed by atoms with E-state index in [9.17, 15) is 19.2 Å². The van der Waals surface area contributed by atoms with Gasteiger partial charge in [-0.1, -0.05) is 77.8 Å². The van der Waals surface area contributed by atoms with Crippen molar-refractivity contribution in [2.75, 3.05) is 4.90 Å². The highest BCUT2D eigenvalue weighted by molar-refractivity contribution is 6.39. The van der Waals surface area contributed by atoms with Gasteiger partial charge in [0.1, 0.15) is 0 Å². The van der Waals surface area contributed by atoms with Gasteiger partial charge in [-0.3, -0.25) is 19.2 Å². The van der Waals surface area contributed by atoms with Gasteiger partial charge in [0.15, 0.2) is 0 Å². The number of aryl methyl sites for hydroxylation is 1. The van der Waals surface area contributed by atoms with E-state index in [1.807, 2.05) is 19.1 Å². The zero-order valence-corrected chi connectivity index (χ0v) is 18.8. The number of Topliss-reactive ketones (excluding diaryl/α,β-unsaturated/α-hetero) is 2. The molecule has 2 amide bonds. The van der Waals surface area contributed by atoms with Gasteiger partial charge in [-0.05, 0) is 24.6 Å². The summed E-state index contributed by atoms with van der Waals surface area (Å²) in [6.45, 7) is 1.92. The fourth-order valence-corrected chi connectivity index (χ4v) is 5.66. The van der Waals surface area contributed by atoms with Crippen molar-refractivity contribution in [1.82, 2.24) is 0 Å². The molecule has 34 heavy (non-hydrogen) atoms. The summed E-state index contributed by atoms with van der Waals surface area (Å²) >= 11 is 6.33. The number of hydrogen-bond acceptors (Lipinski definition) is 5. The third kappa shape index (κ3) is 2.55. The first-order valence-electron chi connectivity index (χ1n) is 10.9. The van der Waals surface area contributed by atoms with E-state index in [2.05, 4.69) is 0 Å². The lowest BCUT2D eigenvalue weighted by molar-refractivity contribution is -0.127. The van der Waals surface area contributed by atoms with Crippen molar-refractivity contribution in [2.24, 2.45) is 11.8 Å². The Morgan fingerprint density at radius 3 is 2.00 bits per heavy atom. The van der Waals surface area contributed by atoms with Crippen molar-refractivity contribution in [1.29, 1.82) is 0 Å². The van der Waals surface area contributed by atoms with Crippen molar-refractivity contribution in [3.63, 3.8) is 0 Å². The molecule has 2 heterocycles. The molecule has 0 radical (unpaired) electrons. The number of fused-ring (bicyclic) bond motifs is 3. The van der Waals surface area contributed by atoms with E-state index in [0.29, 0.717) is 5.56 Å². The molecule has 3 atom stereocenters. The first kappa shape index (κ1) is 21.0. The lowest BCUT2D eigenvalue weighted by atomic mass is 9.77. The minimum absolute atomic E-state index is 0.201. The first-order valence-corrected chi connectivity index (χ1v) is 11.3. The molecule has 6 rings (SSSR count). The third-order valence-electron chi connectivity index (χ3n) is 7.02. The zero-order chi connectivity index (χ0) is 23.8. The maximum absolute atomic E-state index is 13.8. The lowest BCUT2D eigenvalue weighted by Crippen LogP contribution is -2.51. The fourth-order valence-electron chi connectivity index (χ4n) is 5.44. The second-order valence-electron chi connectivity index (χ2n) is 8.86. The number of nitrogens with zero attached hydrogens (tertiary/aromatic N) is 1. The third-order valence-corrected chi connectivity index (χ3v) is 7.34. The second kappa shape index (κ2) is 7.19. The molecule has 0 saturated carbocycles. The lowest BCUT2D eigenvalue weighted by Gasteiger charge is -2.27. The Bertz CT molecular complexity index is 1380. The zero-order valence-electron chi connectivity index (χ0n) is 18.0. The summed E-state index contributed by atoms with van der Waals surface area (Å²) in [6, 6.07) is 20.2. The molecule has 0 bridgehead atoms. The average Bonchev–Trinajstić information content (AvgIpc) is 3.40. The maximum atomic E-state index is 13.8. The summed E-state index contributed by atoms with van der Waals surface area (Å²) in [7, 11) is 0. The topological polar surface area (TPSA) is 80.8 Å². The van der Waals surface area contributed by atoms with Crippen LogP contribution in [0.15, 0.2) is 72.8 Å². The van der Waals surface area contributed by atoms with Crippen molar-refractivity contribution in [3.8, 4) is 0 Å². The molecule has 2 aliphatic heterocycles. The smallest absolute Gasteiger partial charge is 0.241 e. The Labute approximate surface area is 200 Å². The van der Waals surface area contributed by atoms with Crippen LogP contribution in [-0.4, -0.2) is 29.0 Å². The monoisotopic (exact) mass is 471 g/mol. The Balaban J connectivity index is 1.56. The number of amides is 2. The molecule has 2 fully saturated rings. The van der Waals surface area contributed by atoms with E-state index >= 15 is 0 Å². The summed E-state index contributed by atoms with van der Waals surface area (Å²) in [5.41, 5.74) is 0.157. The average molecular weight is 472 g/mol. The number of para-hydroxylation sites is 1. The van der Waals surface area contributed by atoms with Crippen molar-refractivity contribution < 1.29 is 23.9 Å². The van der Waals surface area contributed by atoms with Gasteiger partial charge in [-0.25, -0.2) is 4.90 Å². The molecule has 7 heteroatoms. The highest BCUT2D eigenvalue weighted by Gasteiger charge is 2.74. The highest BCUT2D eigenvalue weighted by atomic mass is 35.5. The predicted octanol–water partition coefficient (Wildman–Crippen LogP) is 4.34. The van der Waals surface area contributed by atoms with Crippen LogP contribution < -0.4 is 4.90 Å². The van der Waals surface area contributed by atoms with Crippen LogP contribution in [0, 0.1) is 18.8 Å². The molecule has 1 aliphatic carbocycles. The normalized spacial score (nSPS) is 24.8. The van der Waals surface area contributed by atoms with Crippen LogP contribution in [0.1, 0.15) is 37.9 Å². The Morgan fingerprint density at radius 1 is 0.794 bits per heavy atom. The van der Waals surface area contributed by atoms with E-state index in [-0.39, 0.29) is 21.8 Å². The van der Waals surface area contributed by atoms with Crippen molar-refractivity contribution in [2.45, 2.75) is 18.6 Å². The van der Waals surface area contributed by atoms with Crippen LogP contribution in [0.4, 0.5) is 5.69 Å². The van der Waals surface area contributed by atoms with Gasteiger partial charge in [-0.15, -0.1) is 0 Å². The number of anilines is 1. The standard InChI is InChI=1S/C27H18ClNO5/c1-14-10-12-15(13-11-14)22-20-21(26(33)29(25(20)32)19-9-5-4-8-18(19)28)27(34-22)23(30)16-6-2-3-7-17(16)24(27)31/h2-13,20-22H,1H3/t20-,21-,22-/m0/s1. The number of rotatable bonds is 2. The van der Waals surface area contributed by atoms with Gasteiger partial charge in [0, 0.05) is 11.1 Å². The number of carbonyl (C=O) groups excluding carboxylic acids is 4. The summed E-state index contributed by atoms with van der Waals surface area (Å²) < 4.78 is 6.26. The van der Waals surface area contributed by atoms with E-state index in [1.54, 1.807) is 60.7 Å². The first-order chi connectivity index (χ1) is 16.4. The summed E-state index contributed by atoms with van der Waals surface area (Å²) in [5, 5.41) is 0.221. The van der Waals surface area contributed by atoms with E-state index < -0.39 is 46.9 Å². The molecule has 3 aromatic carbocycles. The van der Waals surface area contributed by atoms with Crippen molar-refractivity contribution in [3.05, 3.63) is 100 Å². The molecule has 0 N–H and O–H groups in total. The Kier molecular flexibility index (Phi) is 4.43. The Morgan fingerprint density at radius 2 is 1.38 bits per heavy atom. The largest absolute Gasteiger partial charge is 0.349 e. The van der Waals surface area contributed by atoms with Crippen LogP contribution in [0.5, 0.6) is 0 Å². The molecule has 3 aromatic rings. The van der Waals surface area contributed by atoms with Crippen LogP contribution in [0.25, 0.3) is 0 Å². The van der Waals surface area contributed by atoms with E-state index in [4.69, 9.17) is 16.3 Å². The van der Waals surface area contributed by atoms with E-state index in [0.717, 1.165) is 10.5 Å². The van der Waals surface area contributed by atoms with E-state index in [1.165, 1.54) is 0 Å². The van der Waals surface area contributed by atoms with Gasteiger partial charge < -0.3 is 4.74 Å². The molecule has 6 nitrogen and oxygen atoms in total. The molecule has 168 valence electrons. The molecule has 0 aromatic heterocycles. The van der Waals surface area contributed by atoms with Crippen LogP contribution in [-0.2, 0) is 14.3 Å². The van der Waals surface area contributed by atoms with Crippen LogP contribution >= 0.6 is 11.6 Å². The Hall–Kier alpha value is -3.61. The predicted molar refractivity (Wildman–Crippen MR) is 124 cm³/mol. The maximum Gasteiger partial charge on any atom is 0.241 e. The summed E-state index contributed by atoms with van der Waals surface area (Å²) in [6.07, 6.45) is -0.947. The quantitative estimate of drug-likeness (QED) is 0.410. The number of carbonyl (C=O) groups is 4. The molecular formula is C27H18ClNO5. The number of ether oxygens (including phenoxy) is 1. The molecule has 2 saturated heterocycles. The van der Waals surface area contributed by atoms with Crippen LogP contribution in [0.2, 0.25) is 5.02 Å². The molecular weight excluding hydrogens is 454 g/mol. The van der Waals surface area contributed by atoms with Gasteiger partial charge >= 0.3 is 0 Å². The number of halogens is 1. The van der Waals surface area contributed by atoms with Crippen molar-refractivity contribution >= 4 is 40.7 Å². The minimum Gasteiger partial charge on any atom is -0.349 e. The number of hydrogen-bond donors (Lipinski definition) is 0. The van der Waals surface area contributed by atoms with Crippen LogP contribution in [0.3, 0.4) is 0 Å². The number of imide groups is 1. The molecule has 0 unspecified atom stereocenters. The number of ketones is 2. The number of benzene rings is 3.